The average Bonchev–Trinajstić information content (AvgIpc) is 2.61. The zero-order valence-corrected chi connectivity index (χ0v) is 17.6. The third-order valence-electron chi connectivity index (χ3n) is 4.13. The second-order valence-electron chi connectivity index (χ2n) is 7.44. The average molecular weight is 404 g/mol. The Bertz CT molecular complexity index is 841. The summed E-state index contributed by atoms with van der Waals surface area (Å²) in [4.78, 5) is 24.2. The topological polar surface area (TPSA) is 64.6 Å². The predicted molar refractivity (Wildman–Crippen MR) is 111 cm³/mol. The van der Waals surface area contributed by atoms with Crippen LogP contribution in [-0.2, 0) is 14.9 Å². The van der Waals surface area contributed by atoms with Gasteiger partial charge in [-0.25, -0.2) is 4.79 Å². The van der Waals surface area contributed by atoms with Crippen LogP contribution in [0.2, 0.25) is 5.02 Å². The van der Waals surface area contributed by atoms with Gasteiger partial charge in [0, 0.05) is 5.69 Å². The van der Waals surface area contributed by atoms with Crippen molar-refractivity contribution in [2.45, 2.75) is 46.1 Å². The molecule has 150 valence electrons. The van der Waals surface area contributed by atoms with E-state index in [0.717, 1.165) is 0 Å². The van der Waals surface area contributed by atoms with Gasteiger partial charge in [-0.3, -0.25) is 4.79 Å². The van der Waals surface area contributed by atoms with Crippen molar-refractivity contribution in [3.63, 3.8) is 0 Å². The van der Waals surface area contributed by atoms with Crippen LogP contribution >= 0.6 is 11.6 Å². The molecule has 1 amide bonds. The summed E-state index contributed by atoms with van der Waals surface area (Å²) in [7, 11) is 0. The Morgan fingerprint density at radius 2 is 1.75 bits per heavy atom. The molecular formula is C22H26ClNO4. The van der Waals surface area contributed by atoms with Crippen molar-refractivity contribution in [2.75, 3.05) is 11.9 Å². The number of hydrogen-bond acceptors (Lipinski definition) is 4. The van der Waals surface area contributed by atoms with Gasteiger partial charge in [0.2, 0.25) is 0 Å². The van der Waals surface area contributed by atoms with E-state index in [0.29, 0.717) is 11.4 Å². The summed E-state index contributed by atoms with van der Waals surface area (Å²) in [5, 5.41) is 2.95. The van der Waals surface area contributed by atoms with Crippen molar-refractivity contribution in [3.8, 4) is 5.75 Å². The number of carbonyl (C=O) groups is 2. The molecule has 1 N–H and O–H groups in total. The number of esters is 1. The highest BCUT2D eigenvalue weighted by atomic mass is 35.5. The third-order valence-corrected chi connectivity index (χ3v) is 4.45. The van der Waals surface area contributed by atoms with Gasteiger partial charge in [0.05, 0.1) is 17.2 Å². The number of amides is 1. The molecule has 0 bridgehead atoms. The van der Waals surface area contributed by atoms with Crippen LogP contribution < -0.4 is 10.1 Å². The van der Waals surface area contributed by atoms with E-state index in [-0.39, 0.29) is 28.5 Å². The van der Waals surface area contributed by atoms with Gasteiger partial charge in [0.1, 0.15) is 5.75 Å². The third kappa shape index (κ3) is 5.73. The maximum atomic E-state index is 12.4. The van der Waals surface area contributed by atoms with Crippen LogP contribution in [0, 0.1) is 0 Å². The Morgan fingerprint density at radius 1 is 1.11 bits per heavy atom. The van der Waals surface area contributed by atoms with Crippen molar-refractivity contribution < 1.29 is 19.1 Å². The molecule has 0 radical (unpaired) electrons. The molecule has 5 nitrogen and oxygen atoms in total. The van der Waals surface area contributed by atoms with Gasteiger partial charge < -0.3 is 14.8 Å². The standard InChI is InChI=1S/C22H26ClNO4/c1-6-27-21(26)18-12-9-16(13-19(18)23)24-20(25)14(2)28-17-10-7-15(8-11-17)22(3,4)5/h7-14H,6H2,1-5H3,(H,24,25)/t14-/m1/s1. The predicted octanol–water partition coefficient (Wildman–Crippen LogP) is 5.22. The van der Waals surface area contributed by atoms with E-state index in [1.54, 1.807) is 19.9 Å². The van der Waals surface area contributed by atoms with Crippen LogP contribution in [0.3, 0.4) is 0 Å². The van der Waals surface area contributed by atoms with Crippen molar-refractivity contribution in [1.29, 1.82) is 0 Å². The number of carbonyl (C=O) groups excluding carboxylic acids is 2. The molecule has 0 aliphatic rings. The highest BCUT2D eigenvalue weighted by Gasteiger charge is 2.18. The zero-order chi connectivity index (χ0) is 20.9. The molecule has 0 saturated heterocycles. The first kappa shape index (κ1) is 21.8. The number of anilines is 1. The van der Waals surface area contributed by atoms with Crippen LogP contribution in [0.5, 0.6) is 5.75 Å². The first-order chi connectivity index (χ1) is 13.1. The minimum absolute atomic E-state index is 0.0521. The lowest BCUT2D eigenvalue weighted by Gasteiger charge is -2.20. The number of rotatable bonds is 6. The lowest BCUT2D eigenvalue weighted by atomic mass is 9.87. The SMILES string of the molecule is CCOC(=O)c1ccc(NC(=O)[C@@H](C)Oc2ccc(C(C)(C)C)cc2)cc1Cl. The lowest BCUT2D eigenvalue weighted by Crippen LogP contribution is -2.30. The van der Waals surface area contributed by atoms with E-state index in [1.165, 1.54) is 17.7 Å². The molecule has 0 unspecified atom stereocenters. The van der Waals surface area contributed by atoms with E-state index in [9.17, 15) is 9.59 Å². The first-order valence-electron chi connectivity index (χ1n) is 9.16. The maximum absolute atomic E-state index is 12.4. The summed E-state index contributed by atoms with van der Waals surface area (Å²) in [6, 6.07) is 12.3. The van der Waals surface area contributed by atoms with Crippen LogP contribution in [0.15, 0.2) is 42.5 Å². The summed E-state index contributed by atoms with van der Waals surface area (Å²) in [5.41, 5.74) is 1.97. The molecule has 1 atom stereocenters. The van der Waals surface area contributed by atoms with Crippen molar-refractivity contribution >= 4 is 29.2 Å². The molecular weight excluding hydrogens is 378 g/mol. The summed E-state index contributed by atoms with van der Waals surface area (Å²) >= 11 is 6.12. The molecule has 6 heteroatoms. The van der Waals surface area contributed by atoms with Gasteiger partial charge in [-0.15, -0.1) is 0 Å². The molecule has 0 aliphatic carbocycles. The number of nitrogens with one attached hydrogen (secondary N) is 1. The summed E-state index contributed by atoms with van der Waals surface area (Å²) < 4.78 is 10.7. The van der Waals surface area contributed by atoms with E-state index >= 15 is 0 Å². The Hall–Kier alpha value is -2.53. The smallest absolute Gasteiger partial charge is 0.339 e. The zero-order valence-electron chi connectivity index (χ0n) is 16.8. The molecule has 0 aliphatic heterocycles. The van der Waals surface area contributed by atoms with E-state index in [2.05, 4.69) is 26.1 Å². The normalized spacial score (nSPS) is 12.2. The van der Waals surface area contributed by atoms with Crippen LogP contribution in [0.25, 0.3) is 0 Å². The molecule has 2 aromatic rings. The molecule has 2 rings (SSSR count). The lowest BCUT2D eigenvalue weighted by molar-refractivity contribution is -0.122. The molecule has 28 heavy (non-hydrogen) atoms. The molecule has 0 aromatic heterocycles. The van der Waals surface area contributed by atoms with Crippen LogP contribution in [0.1, 0.15) is 50.5 Å². The Kier molecular flexibility index (Phi) is 7.08. The molecule has 0 heterocycles. The van der Waals surface area contributed by atoms with Gasteiger partial charge in [0.25, 0.3) is 5.91 Å². The van der Waals surface area contributed by atoms with E-state index < -0.39 is 12.1 Å². The van der Waals surface area contributed by atoms with Crippen molar-refractivity contribution in [2.24, 2.45) is 0 Å². The van der Waals surface area contributed by atoms with Gasteiger partial charge in [-0.05, 0) is 55.2 Å². The summed E-state index contributed by atoms with van der Waals surface area (Å²) in [6.45, 7) is 10.1. The summed E-state index contributed by atoms with van der Waals surface area (Å²) in [5.74, 6) is -0.202. The second kappa shape index (κ2) is 9.11. The number of halogens is 1. The largest absolute Gasteiger partial charge is 0.481 e. The Labute approximate surface area is 171 Å². The molecule has 0 fully saturated rings. The van der Waals surface area contributed by atoms with Gasteiger partial charge in [0.15, 0.2) is 6.10 Å². The number of benzene rings is 2. The first-order valence-corrected chi connectivity index (χ1v) is 9.54. The van der Waals surface area contributed by atoms with Gasteiger partial charge in [-0.1, -0.05) is 44.5 Å². The Balaban J connectivity index is 2.00. The fourth-order valence-electron chi connectivity index (χ4n) is 2.50. The maximum Gasteiger partial charge on any atom is 0.339 e. The monoisotopic (exact) mass is 403 g/mol. The minimum atomic E-state index is -0.705. The van der Waals surface area contributed by atoms with Crippen LogP contribution in [-0.4, -0.2) is 24.6 Å². The summed E-state index contributed by atoms with van der Waals surface area (Å²) in [6.07, 6.45) is -0.705. The quantitative estimate of drug-likeness (QED) is 0.671. The highest BCUT2D eigenvalue weighted by molar-refractivity contribution is 6.34. The van der Waals surface area contributed by atoms with Gasteiger partial charge >= 0.3 is 5.97 Å². The molecule has 2 aromatic carbocycles. The van der Waals surface area contributed by atoms with E-state index in [4.69, 9.17) is 21.1 Å². The fraction of sp³-hybridized carbons (Fsp3) is 0.364. The number of hydrogen-bond donors (Lipinski definition) is 1. The van der Waals surface area contributed by atoms with Crippen LogP contribution in [0.4, 0.5) is 5.69 Å². The molecule has 0 spiro atoms. The highest BCUT2D eigenvalue weighted by Crippen LogP contribution is 2.25. The minimum Gasteiger partial charge on any atom is -0.481 e. The fourth-order valence-corrected chi connectivity index (χ4v) is 2.76. The van der Waals surface area contributed by atoms with E-state index in [1.807, 2.05) is 24.3 Å². The van der Waals surface area contributed by atoms with Gasteiger partial charge in [-0.2, -0.15) is 0 Å². The molecule has 0 saturated carbocycles. The van der Waals surface area contributed by atoms with Crippen molar-refractivity contribution in [3.05, 3.63) is 58.6 Å². The second-order valence-corrected chi connectivity index (χ2v) is 7.85. The van der Waals surface area contributed by atoms with Crippen molar-refractivity contribution in [1.82, 2.24) is 0 Å². The Morgan fingerprint density at radius 3 is 2.29 bits per heavy atom. The number of ether oxygens (including phenoxy) is 2.